The Morgan fingerprint density at radius 2 is 2.00 bits per heavy atom. The first kappa shape index (κ1) is 16.6. The Balaban J connectivity index is 1.43. The number of rotatable bonds is 5. The number of fused-ring (bicyclic) bond motifs is 3. The highest BCUT2D eigenvalue weighted by Gasteiger charge is 2.21. The van der Waals surface area contributed by atoms with Crippen molar-refractivity contribution >= 4 is 11.0 Å². The minimum absolute atomic E-state index is 0.227. The quantitative estimate of drug-likeness (QED) is 0.742. The van der Waals surface area contributed by atoms with E-state index in [-0.39, 0.29) is 12.2 Å². The number of hydrogen-bond donors (Lipinski definition) is 2. The third kappa shape index (κ3) is 3.56. The maximum absolute atomic E-state index is 12.1. The summed E-state index contributed by atoms with van der Waals surface area (Å²) in [5.41, 5.74) is 2.28. The molecule has 0 spiro atoms. The molecule has 6 heteroatoms. The molecule has 1 aromatic carbocycles. The fraction of sp³-hybridized carbons (Fsp3) is 0.526. The summed E-state index contributed by atoms with van der Waals surface area (Å²) in [7, 11) is 0. The number of quaternary nitrogens is 1. The number of benzene rings is 1. The van der Waals surface area contributed by atoms with Crippen LogP contribution in [0.4, 0.5) is 0 Å². The number of nitrogens with one attached hydrogen (secondary N) is 1. The zero-order valence-electron chi connectivity index (χ0n) is 14.3. The monoisotopic (exact) mass is 346 g/mol. The third-order valence-corrected chi connectivity index (χ3v) is 5.11. The van der Waals surface area contributed by atoms with Gasteiger partial charge in [-0.3, -0.25) is 0 Å². The van der Waals surface area contributed by atoms with Gasteiger partial charge in [0.05, 0.1) is 13.2 Å². The maximum atomic E-state index is 12.1. The number of aliphatic hydroxyl groups excluding tert-OH is 1. The fourth-order valence-corrected chi connectivity index (χ4v) is 3.80. The van der Waals surface area contributed by atoms with Crippen molar-refractivity contribution in [2.45, 2.75) is 25.4 Å². The smallest absolute Gasteiger partial charge is 0.339 e. The van der Waals surface area contributed by atoms with E-state index in [0.717, 1.165) is 62.1 Å². The van der Waals surface area contributed by atoms with Gasteiger partial charge in [0.1, 0.15) is 43.7 Å². The molecule has 1 fully saturated rings. The first-order valence-corrected chi connectivity index (χ1v) is 9.01. The van der Waals surface area contributed by atoms with Crippen LogP contribution in [-0.4, -0.2) is 50.7 Å². The minimum atomic E-state index is -0.532. The zero-order chi connectivity index (χ0) is 17.2. The second-order valence-electron chi connectivity index (χ2n) is 6.89. The van der Waals surface area contributed by atoms with Crippen LogP contribution in [0.25, 0.3) is 11.0 Å². The van der Waals surface area contributed by atoms with Crippen molar-refractivity contribution in [3.63, 3.8) is 0 Å². The summed E-state index contributed by atoms with van der Waals surface area (Å²) in [4.78, 5) is 13.4. The summed E-state index contributed by atoms with van der Waals surface area (Å²) >= 11 is 0. The van der Waals surface area contributed by atoms with E-state index in [0.29, 0.717) is 17.9 Å². The standard InChI is InChI=1S/C19H23NO5/c21-13(11-20-6-8-23-9-7-20)12-24-14-4-5-16-15-2-1-3-17(15)19(22)25-18(16)10-14/h4-5,10,13,21H,1-3,6-9,11-12H2/p+1/t13-/m0/s1. The first-order chi connectivity index (χ1) is 12.2. The first-order valence-electron chi connectivity index (χ1n) is 9.01. The highest BCUT2D eigenvalue weighted by Crippen LogP contribution is 2.29. The van der Waals surface area contributed by atoms with Gasteiger partial charge in [0.2, 0.25) is 0 Å². The van der Waals surface area contributed by atoms with Crippen molar-refractivity contribution in [2.24, 2.45) is 0 Å². The molecule has 4 rings (SSSR count). The van der Waals surface area contributed by atoms with E-state index >= 15 is 0 Å². The molecule has 1 aromatic heterocycles. The van der Waals surface area contributed by atoms with Crippen LogP contribution < -0.4 is 15.3 Å². The molecule has 0 amide bonds. The molecule has 0 unspecified atom stereocenters. The maximum Gasteiger partial charge on any atom is 0.339 e. The number of morpholine rings is 1. The SMILES string of the molecule is O=c1oc2cc(OC[C@@H](O)C[NH+]3CCOCC3)ccc2c2c1CCC2. The van der Waals surface area contributed by atoms with E-state index in [9.17, 15) is 9.90 Å². The summed E-state index contributed by atoms with van der Waals surface area (Å²) in [6, 6.07) is 5.59. The molecule has 0 bridgehead atoms. The van der Waals surface area contributed by atoms with Gasteiger partial charge in [-0.1, -0.05) is 0 Å². The van der Waals surface area contributed by atoms with Gasteiger partial charge in [-0.25, -0.2) is 4.79 Å². The number of aliphatic hydroxyl groups is 1. The lowest BCUT2D eigenvalue weighted by Gasteiger charge is -2.25. The largest absolute Gasteiger partial charge is 0.491 e. The molecule has 1 saturated heterocycles. The lowest BCUT2D eigenvalue weighted by atomic mass is 10.1. The lowest BCUT2D eigenvalue weighted by molar-refractivity contribution is -0.911. The highest BCUT2D eigenvalue weighted by atomic mass is 16.5. The molecule has 1 aliphatic carbocycles. The molecule has 6 nitrogen and oxygen atoms in total. The Morgan fingerprint density at radius 3 is 2.84 bits per heavy atom. The summed E-state index contributed by atoms with van der Waals surface area (Å²) < 4.78 is 16.5. The van der Waals surface area contributed by atoms with Crippen LogP contribution in [0.2, 0.25) is 0 Å². The molecule has 2 aliphatic rings. The third-order valence-electron chi connectivity index (χ3n) is 5.11. The fourth-order valence-electron chi connectivity index (χ4n) is 3.80. The van der Waals surface area contributed by atoms with Gasteiger partial charge in [-0.05, 0) is 37.0 Å². The summed E-state index contributed by atoms with van der Waals surface area (Å²) in [6.07, 6.45) is 2.21. The van der Waals surface area contributed by atoms with Crippen molar-refractivity contribution in [3.8, 4) is 5.75 Å². The molecule has 2 N–H and O–H groups in total. The predicted molar refractivity (Wildman–Crippen MR) is 92.4 cm³/mol. The Bertz CT molecular complexity index is 809. The second-order valence-corrected chi connectivity index (χ2v) is 6.89. The van der Waals surface area contributed by atoms with Crippen molar-refractivity contribution in [1.82, 2.24) is 0 Å². The molecule has 1 atom stereocenters. The average Bonchev–Trinajstić information content (AvgIpc) is 3.11. The minimum Gasteiger partial charge on any atom is -0.491 e. The summed E-state index contributed by atoms with van der Waals surface area (Å²) in [5.74, 6) is 0.615. The normalized spacial score (nSPS) is 19.1. The van der Waals surface area contributed by atoms with Gasteiger partial charge in [-0.2, -0.15) is 0 Å². The molecular weight excluding hydrogens is 322 g/mol. The van der Waals surface area contributed by atoms with E-state index < -0.39 is 6.10 Å². The van der Waals surface area contributed by atoms with Crippen LogP contribution in [0.3, 0.4) is 0 Å². The van der Waals surface area contributed by atoms with Crippen molar-refractivity contribution in [3.05, 3.63) is 39.7 Å². The Morgan fingerprint density at radius 1 is 1.20 bits per heavy atom. The van der Waals surface area contributed by atoms with E-state index in [4.69, 9.17) is 13.9 Å². The van der Waals surface area contributed by atoms with Crippen molar-refractivity contribution in [1.29, 1.82) is 0 Å². The van der Waals surface area contributed by atoms with Crippen LogP contribution in [0.1, 0.15) is 17.5 Å². The lowest BCUT2D eigenvalue weighted by Crippen LogP contribution is -3.15. The van der Waals surface area contributed by atoms with Gasteiger partial charge in [0, 0.05) is 17.0 Å². The molecule has 0 radical (unpaired) electrons. The molecular formula is C19H24NO5+. The van der Waals surface area contributed by atoms with E-state index in [2.05, 4.69) is 0 Å². The van der Waals surface area contributed by atoms with Crippen LogP contribution in [0, 0.1) is 0 Å². The zero-order valence-corrected chi connectivity index (χ0v) is 14.3. The number of aryl methyl sites for hydroxylation is 1. The molecule has 2 heterocycles. The topological polar surface area (TPSA) is 73.3 Å². The van der Waals surface area contributed by atoms with Crippen molar-refractivity contribution < 1.29 is 23.9 Å². The number of ether oxygens (including phenoxy) is 2. The second kappa shape index (κ2) is 7.15. The van der Waals surface area contributed by atoms with Crippen molar-refractivity contribution in [2.75, 3.05) is 39.5 Å². The summed E-state index contributed by atoms with van der Waals surface area (Å²) in [5, 5.41) is 11.2. The molecule has 134 valence electrons. The number of hydrogen-bond acceptors (Lipinski definition) is 5. The van der Waals surface area contributed by atoms with Crippen LogP contribution in [0.5, 0.6) is 5.75 Å². The Hall–Kier alpha value is -1.89. The Kier molecular flexibility index (Phi) is 4.74. The molecule has 2 aromatic rings. The van der Waals surface area contributed by atoms with Crippen LogP contribution in [0.15, 0.2) is 27.4 Å². The van der Waals surface area contributed by atoms with E-state index in [1.54, 1.807) is 6.07 Å². The summed E-state index contributed by atoms with van der Waals surface area (Å²) in [6.45, 7) is 4.21. The van der Waals surface area contributed by atoms with Crippen LogP contribution in [-0.2, 0) is 17.6 Å². The predicted octanol–water partition coefficient (Wildman–Crippen LogP) is -0.0635. The Labute approximate surface area is 145 Å². The molecule has 25 heavy (non-hydrogen) atoms. The van der Waals surface area contributed by atoms with Crippen LogP contribution >= 0.6 is 0 Å². The highest BCUT2D eigenvalue weighted by molar-refractivity contribution is 5.83. The van der Waals surface area contributed by atoms with Gasteiger partial charge < -0.3 is 23.9 Å². The van der Waals surface area contributed by atoms with Gasteiger partial charge >= 0.3 is 5.63 Å². The van der Waals surface area contributed by atoms with E-state index in [1.165, 1.54) is 4.90 Å². The molecule has 1 aliphatic heterocycles. The molecule has 0 saturated carbocycles. The van der Waals surface area contributed by atoms with Gasteiger partial charge in [0.25, 0.3) is 0 Å². The average molecular weight is 346 g/mol. The van der Waals surface area contributed by atoms with E-state index in [1.807, 2.05) is 12.1 Å². The van der Waals surface area contributed by atoms with Gasteiger partial charge in [-0.15, -0.1) is 0 Å². The van der Waals surface area contributed by atoms with Gasteiger partial charge in [0.15, 0.2) is 0 Å².